The van der Waals surface area contributed by atoms with Gasteiger partial charge in [0.25, 0.3) is 0 Å². The molecule has 5 rings (SSSR count). The lowest BCUT2D eigenvalue weighted by Gasteiger charge is -2.46. The van der Waals surface area contributed by atoms with Crippen molar-refractivity contribution in [2.45, 2.75) is 84.7 Å². The number of nitrogens with one attached hydrogen (secondary N) is 1. The third-order valence-corrected chi connectivity index (χ3v) is 8.52. The second-order valence-corrected chi connectivity index (χ2v) is 13.0. The Labute approximate surface area is 249 Å². The molecule has 42 heavy (non-hydrogen) atoms. The number of carbonyl (C=O) groups excluding carboxylic acids is 3. The quantitative estimate of drug-likeness (QED) is 0.478. The van der Waals surface area contributed by atoms with Crippen molar-refractivity contribution in [1.82, 2.24) is 10.2 Å². The zero-order valence-electron chi connectivity index (χ0n) is 25.6. The molecule has 1 N–H and O–H groups in total. The summed E-state index contributed by atoms with van der Waals surface area (Å²) in [6.45, 7) is 13.4. The number of amides is 3. The van der Waals surface area contributed by atoms with E-state index in [4.69, 9.17) is 9.47 Å². The van der Waals surface area contributed by atoms with E-state index in [2.05, 4.69) is 29.3 Å². The Hall–Kier alpha value is -3.75. The van der Waals surface area contributed by atoms with Crippen LogP contribution in [0.15, 0.2) is 48.5 Å². The number of nitrogens with zero attached hydrogens (tertiary/aromatic N) is 3. The summed E-state index contributed by atoms with van der Waals surface area (Å²) in [6, 6.07) is 15.4. The highest BCUT2D eigenvalue weighted by Gasteiger charge is 2.48. The number of carbonyl (C=O) groups is 3. The van der Waals surface area contributed by atoms with Crippen LogP contribution in [-0.2, 0) is 20.9 Å². The van der Waals surface area contributed by atoms with Crippen LogP contribution >= 0.6 is 0 Å². The van der Waals surface area contributed by atoms with Crippen molar-refractivity contribution >= 4 is 29.5 Å². The molecule has 9 nitrogen and oxygen atoms in total. The number of piperazine rings is 1. The first-order valence-electron chi connectivity index (χ1n) is 15.1. The van der Waals surface area contributed by atoms with Crippen molar-refractivity contribution in [3.05, 3.63) is 59.7 Å². The Kier molecular flexibility index (Phi) is 8.39. The molecule has 226 valence electrons. The second kappa shape index (κ2) is 11.9. The minimum Gasteiger partial charge on any atom is -0.445 e. The lowest BCUT2D eigenvalue weighted by Crippen LogP contribution is -2.55. The molecule has 3 aliphatic rings. The van der Waals surface area contributed by atoms with Gasteiger partial charge in [-0.2, -0.15) is 0 Å². The molecule has 2 fully saturated rings. The summed E-state index contributed by atoms with van der Waals surface area (Å²) in [7, 11) is 0. The third kappa shape index (κ3) is 6.50. The molecule has 0 bridgehead atoms. The van der Waals surface area contributed by atoms with Crippen molar-refractivity contribution in [3.63, 3.8) is 0 Å². The highest BCUT2D eigenvalue weighted by molar-refractivity contribution is 5.94. The van der Waals surface area contributed by atoms with Crippen LogP contribution in [0.3, 0.4) is 0 Å². The van der Waals surface area contributed by atoms with Gasteiger partial charge in [-0.15, -0.1) is 0 Å². The van der Waals surface area contributed by atoms with Gasteiger partial charge in [-0.05, 0) is 70.2 Å². The summed E-state index contributed by atoms with van der Waals surface area (Å²) < 4.78 is 11.2. The van der Waals surface area contributed by atoms with Crippen LogP contribution in [-0.4, -0.2) is 60.3 Å². The second-order valence-electron chi connectivity index (χ2n) is 13.0. The van der Waals surface area contributed by atoms with Gasteiger partial charge in [0.05, 0.1) is 6.04 Å². The molecule has 9 heteroatoms. The fourth-order valence-electron chi connectivity index (χ4n) is 6.43. The number of benzene rings is 2. The van der Waals surface area contributed by atoms with Gasteiger partial charge in [0.1, 0.15) is 12.2 Å². The summed E-state index contributed by atoms with van der Waals surface area (Å²) in [4.78, 5) is 44.9. The van der Waals surface area contributed by atoms with Crippen LogP contribution in [0, 0.1) is 11.8 Å². The first kappa shape index (κ1) is 29.7. The Morgan fingerprint density at radius 1 is 1.00 bits per heavy atom. The molecule has 4 atom stereocenters. The Bertz CT molecular complexity index is 1310. The number of hydrogen-bond acceptors (Lipinski definition) is 6. The van der Waals surface area contributed by atoms with E-state index in [1.807, 2.05) is 69.0 Å². The number of rotatable bonds is 5. The van der Waals surface area contributed by atoms with Crippen molar-refractivity contribution < 1.29 is 23.9 Å². The van der Waals surface area contributed by atoms with E-state index in [-0.39, 0.29) is 42.7 Å². The van der Waals surface area contributed by atoms with E-state index in [0.717, 1.165) is 35.3 Å². The molecule has 3 amide bonds. The first-order chi connectivity index (χ1) is 19.9. The lowest BCUT2D eigenvalue weighted by molar-refractivity contribution is -0.117. The third-order valence-electron chi connectivity index (χ3n) is 8.52. The maximum absolute atomic E-state index is 13.1. The number of fused-ring (bicyclic) bond motifs is 1. The zero-order chi connectivity index (χ0) is 30.2. The molecule has 2 aliphatic heterocycles. The van der Waals surface area contributed by atoms with Gasteiger partial charge in [0.15, 0.2) is 0 Å². The molecule has 1 aliphatic carbocycles. The molecule has 3 unspecified atom stereocenters. The highest BCUT2D eigenvalue weighted by Crippen LogP contribution is 2.50. The predicted octanol–water partition coefficient (Wildman–Crippen LogP) is 5.88. The molecular formula is C33H44N4O5. The molecule has 1 saturated heterocycles. The largest absolute Gasteiger partial charge is 0.445 e. The van der Waals surface area contributed by atoms with Crippen LogP contribution in [0.25, 0.3) is 0 Å². The van der Waals surface area contributed by atoms with E-state index < -0.39 is 11.7 Å². The van der Waals surface area contributed by atoms with Crippen LogP contribution in [0.1, 0.15) is 71.6 Å². The molecule has 2 aromatic carbocycles. The van der Waals surface area contributed by atoms with Gasteiger partial charge >= 0.3 is 12.2 Å². The van der Waals surface area contributed by atoms with Gasteiger partial charge in [-0.25, -0.2) is 9.59 Å². The molecule has 2 heterocycles. The average Bonchev–Trinajstić information content (AvgIpc) is 3.77. The smallest absolute Gasteiger partial charge is 0.410 e. The Balaban J connectivity index is 1.39. The minimum absolute atomic E-state index is 0.00337. The standard InChI is InChI=1S/C33H44N4O5/c1-21-19-35(16-17-36(21)32(40)42-33(4,5)6)26-14-15-28-27(18-26)29(22(2)30(25-12-13-25)37(28)23(3)38)34-31(39)41-20-24-10-8-7-9-11-24/h7-11,14-15,18,21-22,25,29-30H,12-13,16-17,19-20H2,1-6H3,(H,34,39)/t21-,22?,29?,30?/m1/s1. The Morgan fingerprint density at radius 2 is 1.71 bits per heavy atom. The maximum Gasteiger partial charge on any atom is 0.410 e. The summed E-state index contributed by atoms with van der Waals surface area (Å²) in [5, 5.41) is 3.16. The normalized spacial score (nSPS) is 24.1. The highest BCUT2D eigenvalue weighted by atomic mass is 16.6. The average molecular weight is 577 g/mol. The fraction of sp³-hybridized carbons (Fsp3) is 0.545. The van der Waals surface area contributed by atoms with Crippen molar-refractivity contribution in [2.75, 3.05) is 29.4 Å². The molecule has 2 aromatic rings. The number of anilines is 2. The van der Waals surface area contributed by atoms with Gasteiger partial charge in [-0.1, -0.05) is 37.3 Å². The van der Waals surface area contributed by atoms with Gasteiger partial charge in [0.2, 0.25) is 5.91 Å². The van der Waals surface area contributed by atoms with E-state index in [1.165, 1.54) is 0 Å². The minimum atomic E-state index is -0.547. The topological polar surface area (TPSA) is 91.4 Å². The number of hydrogen-bond donors (Lipinski definition) is 1. The molecule has 0 aromatic heterocycles. The van der Waals surface area contributed by atoms with Crippen molar-refractivity contribution in [2.24, 2.45) is 11.8 Å². The summed E-state index contributed by atoms with van der Waals surface area (Å²) >= 11 is 0. The monoisotopic (exact) mass is 576 g/mol. The predicted molar refractivity (Wildman–Crippen MR) is 162 cm³/mol. The first-order valence-corrected chi connectivity index (χ1v) is 15.1. The van der Waals surface area contributed by atoms with Crippen LogP contribution in [0.2, 0.25) is 0 Å². The summed E-state index contributed by atoms with van der Waals surface area (Å²) in [5.74, 6) is 0.428. The fourth-order valence-corrected chi connectivity index (χ4v) is 6.43. The molecule has 1 saturated carbocycles. The van der Waals surface area contributed by atoms with Gasteiger partial charge in [0, 0.05) is 61.5 Å². The SMILES string of the molecule is CC(=O)N1c2ccc(N3CCN(C(=O)OC(C)(C)C)[C@H](C)C3)cc2C(NC(=O)OCc2ccccc2)C(C)C1C1CC1. The van der Waals surface area contributed by atoms with Crippen molar-refractivity contribution in [1.29, 1.82) is 0 Å². The lowest BCUT2D eigenvalue weighted by atomic mass is 9.79. The van der Waals surface area contributed by atoms with E-state index in [0.29, 0.717) is 25.6 Å². The van der Waals surface area contributed by atoms with E-state index >= 15 is 0 Å². The van der Waals surface area contributed by atoms with E-state index in [9.17, 15) is 14.4 Å². The molecule has 0 radical (unpaired) electrons. The van der Waals surface area contributed by atoms with Crippen LogP contribution in [0.5, 0.6) is 0 Å². The van der Waals surface area contributed by atoms with Crippen LogP contribution in [0.4, 0.5) is 21.0 Å². The van der Waals surface area contributed by atoms with Gasteiger partial charge in [-0.3, -0.25) is 4.79 Å². The number of alkyl carbamates (subject to hydrolysis) is 1. The maximum atomic E-state index is 13.1. The molecule has 0 spiro atoms. The molecular weight excluding hydrogens is 532 g/mol. The summed E-state index contributed by atoms with van der Waals surface area (Å²) in [6.07, 6.45) is 1.39. The van der Waals surface area contributed by atoms with Crippen LogP contribution < -0.4 is 15.1 Å². The number of ether oxygens (including phenoxy) is 2. The van der Waals surface area contributed by atoms with Gasteiger partial charge < -0.3 is 29.5 Å². The Morgan fingerprint density at radius 3 is 2.33 bits per heavy atom. The van der Waals surface area contributed by atoms with E-state index in [1.54, 1.807) is 11.8 Å². The zero-order valence-corrected chi connectivity index (χ0v) is 25.6. The van der Waals surface area contributed by atoms with Crippen molar-refractivity contribution in [3.8, 4) is 0 Å². The summed E-state index contributed by atoms with van der Waals surface area (Å²) in [5.41, 5.74) is 3.12.